The van der Waals surface area contributed by atoms with Crippen LogP contribution in [-0.2, 0) is 18.3 Å². The van der Waals surface area contributed by atoms with Gasteiger partial charge in [-0.1, -0.05) is 83.3 Å². The van der Waals surface area contributed by atoms with E-state index in [-0.39, 0.29) is 19.8 Å². The largest absolute Gasteiger partial charge is 0.756 e. The average molecular weight is 508 g/mol. The van der Waals surface area contributed by atoms with Gasteiger partial charge in [-0.15, -0.1) is 0 Å². The number of aliphatic hydroxyl groups is 1. The third-order valence-corrected chi connectivity index (χ3v) is 6.51. The van der Waals surface area contributed by atoms with E-state index in [0.29, 0.717) is 17.6 Å². The second kappa shape index (κ2) is 22.0. The monoisotopic (exact) mass is 507 g/mol. The van der Waals surface area contributed by atoms with Crippen LogP contribution in [-0.4, -0.2) is 69.8 Å². The zero-order valence-corrected chi connectivity index (χ0v) is 23.4. The zero-order chi connectivity index (χ0) is 25.5. The van der Waals surface area contributed by atoms with Crippen molar-refractivity contribution in [2.75, 3.05) is 54.1 Å². The standard InChI is InChI=1S/C26H54NO6P/c1-5-6-7-8-9-10-11-12-13-14-15-16-17-18-19-20-22-31-24-26(28)25-33-34(29,30)32-23-21-27(2,3)4/h17-18,26,28H,5-16,19-25H2,1-4H3/b18-17-. The van der Waals surface area contributed by atoms with Crippen LogP contribution >= 0.6 is 7.82 Å². The molecule has 204 valence electrons. The Kier molecular flexibility index (Phi) is 21.8. The molecule has 0 amide bonds. The highest BCUT2D eigenvalue weighted by atomic mass is 31.2. The predicted molar refractivity (Wildman–Crippen MR) is 139 cm³/mol. The van der Waals surface area contributed by atoms with Crippen molar-refractivity contribution in [1.29, 1.82) is 0 Å². The third-order valence-electron chi connectivity index (χ3n) is 5.55. The molecule has 7 nitrogen and oxygen atoms in total. The SMILES string of the molecule is CCCCCCCCCCCCC/C=C\CCCOCC(O)COP(=O)([O-])OCC[N+](C)(C)C. The highest BCUT2D eigenvalue weighted by molar-refractivity contribution is 7.45. The molecule has 2 atom stereocenters. The van der Waals surface area contributed by atoms with E-state index in [1.807, 2.05) is 21.1 Å². The molecule has 0 bridgehead atoms. The number of quaternary nitrogens is 1. The Morgan fingerprint density at radius 2 is 1.32 bits per heavy atom. The number of rotatable bonds is 25. The quantitative estimate of drug-likeness (QED) is 0.0748. The lowest BCUT2D eigenvalue weighted by atomic mass is 10.1. The molecule has 34 heavy (non-hydrogen) atoms. The van der Waals surface area contributed by atoms with Crippen LogP contribution in [0.2, 0.25) is 0 Å². The Morgan fingerprint density at radius 1 is 0.794 bits per heavy atom. The first-order chi connectivity index (χ1) is 16.2. The van der Waals surface area contributed by atoms with E-state index in [1.165, 1.54) is 70.6 Å². The maximum Gasteiger partial charge on any atom is 0.268 e. The Hall–Kier alpha value is -0.270. The van der Waals surface area contributed by atoms with Crippen molar-refractivity contribution in [3.05, 3.63) is 12.2 Å². The van der Waals surface area contributed by atoms with E-state index >= 15 is 0 Å². The van der Waals surface area contributed by atoms with Gasteiger partial charge in [0.25, 0.3) is 7.82 Å². The maximum absolute atomic E-state index is 11.7. The fourth-order valence-electron chi connectivity index (χ4n) is 3.37. The number of phosphoric acid groups is 1. The number of phosphoric ester groups is 1. The summed E-state index contributed by atoms with van der Waals surface area (Å²) in [4.78, 5) is 11.7. The first kappa shape index (κ1) is 33.7. The Labute approximate surface area is 210 Å². The molecule has 2 unspecified atom stereocenters. The molecule has 0 aromatic carbocycles. The van der Waals surface area contributed by atoms with Gasteiger partial charge in [-0.25, -0.2) is 0 Å². The number of likely N-dealkylation sites (N-methyl/N-ethyl adjacent to an activating group) is 1. The van der Waals surface area contributed by atoms with Gasteiger partial charge < -0.3 is 28.3 Å². The smallest absolute Gasteiger partial charge is 0.268 e. The Morgan fingerprint density at radius 3 is 1.88 bits per heavy atom. The van der Waals surface area contributed by atoms with Gasteiger partial charge >= 0.3 is 0 Å². The van der Waals surface area contributed by atoms with Crippen molar-refractivity contribution in [3.63, 3.8) is 0 Å². The van der Waals surface area contributed by atoms with Crippen molar-refractivity contribution >= 4 is 7.82 Å². The van der Waals surface area contributed by atoms with Gasteiger partial charge in [-0.3, -0.25) is 4.57 Å². The maximum atomic E-state index is 11.7. The molecule has 0 heterocycles. The number of nitrogens with zero attached hydrogens (tertiary/aromatic N) is 1. The van der Waals surface area contributed by atoms with Crippen LogP contribution in [0.1, 0.15) is 96.8 Å². The highest BCUT2D eigenvalue weighted by Gasteiger charge is 2.15. The van der Waals surface area contributed by atoms with Crippen molar-refractivity contribution in [1.82, 2.24) is 0 Å². The normalized spacial score (nSPS) is 15.1. The number of hydrogen-bond donors (Lipinski definition) is 1. The molecule has 1 N–H and O–H groups in total. The lowest BCUT2D eigenvalue weighted by Crippen LogP contribution is -2.37. The summed E-state index contributed by atoms with van der Waals surface area (Å²) in [5, 5.41) is 9.82. The van der Waals surface area contributed by atoms with E-state index in [9.17, 15) is 14.6 Å². The van der Waals surface area contributed by atoms with E-state index in [2.05, 4.69) is 19.1 Å². The number of aliphatic hydroxyl groups excluding tert-OH is 1. The molecule has 0 fully saturated rings. The predicted octanol–water partition coefficient (Wildman–Crippen LogP) is 5.61. The van der Waals surface area contributed by atoms with Gasteiger partial charge in [0.2, 0.25) is 0 Å². The zero-order valence-electron chi connectivity index (χ0n) is 22.5. The van der Waals surface area contributed by atoms with Gasteiger partial charge in [0.1, 0.15) is 19.3 Å². The summed E-state index contributed by atoms with van der Waals surface area (Å²) in [7, 11) is 1.43. The lowest BCUT2D eigenvalue weighted by Gasteiger charge is -2.27. The van der Waals surface area contributed by atoms with E-state index in [1.54, 1.807) is 0 Å². The fraction of sp³-hybridized carbons (Fsp3) is 0.923. The summed E-state index contributed by atoms with van der Waals surface area (Å²) in [5.41, 5.74) is 0. The van der Waals surface area contributed by atoms with Crippen LogP contribution < -0.4 is 4.89 Å². The topological polar surface area (TPSA) is 88.0 Å². The fourth-order valence-corrected chi connectivity index (χ4v) is 4.11. The van der Waals surface area contributed by atoms with Crippen LogP contribution in [0.4, 0.5) is 0 Å². The summed E-state index contributed by atoms with van der Waals surface area (Å²) in [6.07, 6.45) is 21.5. The van der Waals surface area contributed by atoms with Crippen LogP contribution in [0.25, 0.3) is 0 Å². The number of unbranched alkanes of at least 4 members (excludes halogenated alkanes) is 12. The van der Waals surface area contributed by atoms with Gasteiger partial charge in [0.05, 0.1) is 34.4 Å². The van der Waals surface area contributed by atoms with Crippen LogP contribution in [0.5, 0.6) is 0 Å². The van der Waals surface area contributed by atoms with E-state index in [0.717, 1.165) is 19.3 Å². The van der Waals surface area contributed by atoms with Gasteiger partial charge in [0.15, 0.2) is 0 Å². The molecule has 0 aromatic heterocycles. The minimum absolute atomic E-state index is 0.0430. The minimum atomic E-state index is -4.40. The molecular weight excluding hydrogens is 453 g/mol. The molecule has 0 saturated carbocycles. The lowest BCUT2D eigenvalue weighted by molar-refractivity contribution is -0.870. The second-order valence-corrected chi connectivity index (χ2v) is 11.7. The molecule has 0 aliphatic heterocycles. The highest BCUT2D eigenvalue weighted by Crippen LogP contribution is 2.38. The number of hydrogen-bond acceptors (Lipinski definition) is 6. The Bertz CT molecular complexity index is 524. The molecule has 0 aliphatic rings. The molecule has 0 aromatic rings. The third kappa shape index (κ3) is 26.3. The first-order valence-electron chi connectivity index (χ1n) is 13.5. The average Bonchev–Trinajstić information content (AvgIpc) is 2.76. The minimum Gasteiger partial charge on any atom is -0.756 e. The van der Waals surface area contributed by atoms with Crippen molar-refractivity contribution in [3.8, 4) is 0 Å². The molecule has 0 rings (SSSR count). The van der Waals surface area contributed by atoms with Gasteiger partial charge in [-0.05, 0) is 25.7 Å². The van der Waals surface area contributed by atoms with E-state index < -0.39 is 13.9 Å². The molecule has 0 aliphatic carbocycles. The van der Waals surface area contributed by atoms with E-state index in [4.69, 9.17) is 13.8 Å². The summed E-state index contributed by atoms with van der Waals surface area (Å²) in [6.45, 7) is 3.06. The summed E-state index contributed by atoms with van der Waals surface area (Å²) >= 11 is 0. The summed E-state index contributed by atoms with van der Waals surface area (Å²) in [5.74, 6) is 0. The second-order valence-electron chi connectivity index (χ2n) is 10.3. The molecule has 0 saturated heterocycles. The molecule has 0 spiro atoms. The summed E-state index contributed by atoms with van der Waals surface area (Å²) in [6, 6.07) is 0. The van der Waals surface area contributed by atoms with Crippen molar-refractivity contribution < 1.29 is 32.8 Å². The van der Waals surface area contributed by atoms with Crippen LogP contribution in [0.15, 0.2) is 12.2 Å². The van der Waals surface area contributed by atoms with Crippen LogP contribution in [0.3, 0.4) is 0 Å². The first-order valence-corrected chi connectivity index (χ1v) is 14.9. The molecule has 8 heteroatoms. The van der Waals surface area contributed by atoms with Crippen molar-refractivity contribution in [2.45, 2.75) is 103 Å². The molecule has 0 radical (unpaired) electrons. The van der Waals surface area contributed by atoms with Crippen LogP contribution in [0, 0.1) is 0 Å². The number of allylic oxidation sites excluding steroid dienone is 2. The molecular formula is C26H54NO6P. The van der Waals surface area contributed by atoms with Crippen molar-refractivity contribution in [2.24, 2.45) is 0 Å². The number of ether oxygens (including phenoxy) is 1. The summed E-state index contributed by atoms with van der Waals surface area (Å²) < 4.78 is 27.2. The van der Waals surface area contributed by atoms with Gasteiger partial charge in [0, 0.05) is 6.61 Å². The van der Waals surface area contributed by atoms with Gasteiger partial charge in [-0.2, -0.15) is 0 Å². The Balaban J connectivity index is 3.45.